The van der Waals surface area contributed by atoms with Gasteiger partial charge in [0.25, 0.3) is 0 Å². The third-order valence-electron chi connectivity index (χ3n) is 3.38. The van der Waals surface area contributed by atoms with Gasteiger partial charge in [0.05, 0.1) is 6.20 Å². The quantitative estimate of drug-likeness (QED) is 0.768. The summed E-state index contributed by atoms with van der Waals surface area (Å²) in [5, 5.41) is 7.75. The lowest BCUT2D eigenvalue weighted by molar-refractivity contribution is 0.223. The van der Waals surface area contributed by atoms with E-state index in [0.29, 0.717) is 12.1 Å². The van der Waals surface area contributed by atoms with E-state index in [0.717, 1.165) is 13.1 Å². The maximum Gasteiger partial charge on any atom is 0.0534 e. The summed E-state index contributed by atoms with van der Waals surface area (Å²) in [5.74, 6) is 0. The number of hydrogen-bond donors (Lipinski definition) is 1. The van der Waals surface area contributed by atoms with Crippen LogP contribution in [0.1, 0.15) is 39.2 Å². The number of aryl methyl sites for hydroxylation is 1. The molecule has 4 nitrogen and oxygen atoms in total. The fourth-order valence-electron chi connectivity index (χ4n) is 2.16. The third kappa shape index (κ3) is 5.19. The number of hydrogen-bond acceptors (Lipinski definition) is 3. The monoisotopic (exact) mass is 252 g/mol. The predicted octanol–water partition coefficient (Wildman–Crippen LogP) is 2.02. The van der Waals surface area contributed by atoms with Crippen molar-refractivity contribution in [3.63, 3.8) is 0 Å². The lowest BCUT2D eigenvalue weighted by Gasteiger charge is -2.27. The summed E-state index contributed by atoms with van der Waals surface area (Å²) >= 11 is 0. The lowest BCUT2D eigenvalue weighted by atomic mass is 10.1. The Kier molecular flexibility index (Phi) is 6.36. The molecule has 0 aliphatic carbocycles. The summed E-state index contributed by atoms with van der Waals surface area (Å²) in [5.41, 5.74) is 1.28. The average Bonchev–Trinajstić information content (AvgIpc) is 2.72. The Morgan fingerprint density at radius 1 is 1.44 bits per heavy atom. The molecule has 0 aromatic carbocycles. The van der Waals surface area contributed by atoms with Gasteiger partial charge in [-0.05, 0) is 40.3 Å². The van der Waals surface area contributed by atoms with Crippen LogP contribution in [0.2, 0.25) is 0 Å². The Hall–Kier alpha value is -0.870. The summed E-state index contributed by atoms with van der Waals surface area (Å²) in [6.45, 7) is 8.85. The number of nitrogens with zero attached hydrogens (tertiary/aromatic N) is 3. The number of rotatable bonds is 8. The lowest BCUT2D eigenvalue weighted by Crippen LogP contribution is -2.36. The Morgan fingerprint density at radius 3 is 2.72 bits per heavy atom. The standard InChI is InChI=1S/C14H28N4/c1-6-7-15-12(2)8-13(3)17(4)10-14-9-16-18(5)11-14/h9,11-13,15H,6-8,10H2,1-5H3. The third-order valence-corrected chi connectivity index (χ3v) is 3.38. The minimum atomic E-state index is 0.574. The van der Waals surface area contributed by atoms with E-state index in [9.17, 15) is 0 Å². The number of aromatic nitrogens is 2. The van der Waals surface area contributed by atoms with Crippen molar-refractivity contribution < 1.29 is 0 Å². The van der Waals surface area contributed by atoms with Crippen molar-refractivity contribution in [3.05, 3.63) is 18.0 Å². The van der Waals surface area contributed by atoms with Crippen molar-refractivity contribution >= 4 is 0 Å². The highest BCUT2D eigenvalue weighted by Gasteiger charge is 2.13. The molecular formula is C14H28N4. The van der Waals surface area contributed by atoms with Gasteiger partial charge in [0.15, 0.2) is 0 Å². The Balaban J connectivity index is 2.34. The van der Waals surface area contributed by atoms with Crippen molar-refractivity contribution in [1.29, 1.82) is 0 Å². The molecule has 0 saturated heterocycles. The molecule has 104 valence electrons. The molecule has 1 aromatic heterocycles. The van der Waals surface area contributed by atoms with Crippen molar-refractivity contribution in [3.8, 4) is 0 Å². The minimum absolute atomic E-state index is 0.574. The van der Waals surface area contributed by atoms with E-state index < -0.39 is 0 Å². The molecule has 0 aliphatic rings. The topological polar surface area (TPSA) is 33.1 Å². The first-order chi connectivity index (χ1) is 8.52. The molecule has 0 saturated carbocycles. The molecule has 18 heavy (non-hydrogen) atoms. The smallest absolute Gasteiger partial charge is 0.0534 e. The van der Waals surface area contributed by atoms with Gasteiger partial charge in [-0.25, -0.2) is 0 Å². The van der Waals surface area contributed by atoms with Gasteiger partial charge in [-0.1, -0.05) is 6.92 Å². The molecule has 1 N–H and O–H groups in total. The molecule has 1 aromatic rings. The van der Waals surface area contributed by atoms with Gasteiger partial charge in [0.2, 0.25) is 0 Å². The highest BCUT2D eigenvalue weighted by atomic mass is 15.2. The second-order valence-electron chi connectivity index (χ2n) is 5.38. The van der Waals surface area contributed by atoms with Crippen LogP contribution in [0.5, 0.6) is 0 Å². The average molecular weight is 252 g/mol. The van der Waals surface area contributed by atoms with E-state index in [4.69, 9.17) is 0 Å². The van der Waals surface area contributed by atoms with Crippen molar-refractivity contribution in [2.45, 2.75) is 52.2 Å². The van der Waals surface area contributed by atoms with E-state index in [2.05, 4.69) is 49.3 Å². The molecule has 2 atom stereocenters. The zero-order valence-corrected chi connectivity index (χ0v) is 12.5. The van der Waals surface area contributed by atoms with Gasteiger partial charge in [0, 0.05) is 37.4 Å². The fourth-order valence-corrected chi connectivity index (χ4v) is 2.16. The van der Waals surface area contributed by atoms with E-state index in [1.165, 1.54) is 18.4 Å². The Labute approximate surface area is 111 Å². The van der Waals surface area contributed by atoms with Crippen LogP contribution < -0.4 is 5.32 Å². The maximum atomic E-state index is 4.21. The van der Waals surface area contributed by atoms with Crippen molar-refractivity contribution in [2.75, 3.05) is 13.6 Å². The van der Waals surface area contributed by atoms with Crippen LogP contribution in [0.4, 0.5) is 0 Å². The predicted molar refractivity (Wildman–Crippen MR) is 76.5 cm³/mol. The minimum Gasteiger partial charge on any atom is -0.314 e. The Morgan fingerprint density at radius 2 is 2.17 bits per heavy atom. The van der Waals surface area contributed by atoms with Crippen LogP contribution >= 0.6 is 0 Å². The molecule has 0 fully saturated rings. The van der Waals surface area contributed by atoms with Gasteiger partial charge >= 0.3 is 0 Å². The molecule has 4 heteroatoms. The van der Waals surface area contributed by atoms with Crippen LogP contribution in [0, 0.1) is 0 Å². The molecule has 0 radical (unpaired) electrons. The summed E-state index contributed by atoms with van der Waals surface area (Å²) in [6, 6.07) is 1.15. The molecule has 0 aliphatic heterocycles. The van der Waals surface area contributed by atoms with Gasteiger partial charge in [-0.15, -0.1) is 0 Å². The summed E-state index contributed by atoms with van der Waals surface area (Å²) in [4.78, 5) is 2.39. The highest BCUT2D eigenvalue weighted by molar-refractivity contribution is 5.03. The fraction of sp³-hybridized carbons (Fsp3) is 0.786. The zero-order chi connectivity index (χ0) is 13.5. The van der Waals surface area contributed by atoms with Gasteiger partial charge in [0.1, 0.15) is 0 Å². The summed E-state index contributed by atoms with van der Waals surface area (Å²) in [7, 11) is 4.15. The van der Waals surface area contributed by atoms with Crippen LogP contribution in [0.3, 0.4) is 0 Å². The van der Waals surface area contributed by atoms with Crippen LogP contribution in [0.15, 0.2) is 12.4 Å². The van der Waals surface area contributed by atoms with E-state index in [1.807, 2.05) is 17.9 Å². The molecule has 2 unspecified atom stereocenters. The molecule has 1 rings (SSSR count). The van der Waals surface area contributed by atoms with Crippen LogP contribution in [-0.2, 0) is 13.6 Å². The second-order valence-corrected chi connectivity index (χ2v) is 5.38. The van der Waals surface area contributed by atoms with Gasteiger partial charge in [-0.2, -0.15) is 5.10 Å². The van der Waals surface area contributed by atoms with E-state index in [1.54, 1.807) is 0 Å². The Bertz CT molecular complexity index is 334. The number of nitrogens with one attached hydrogen (secondary N) is 1. The SMILES string of the molecule is CCCNC(C)CC(C)N(C)Cc1cnn(C)c1. The largest absolute Gasteiger partial charge is 0.314 e. The normalized spacial score (nSPS) is 15.0. The molecule has 0 spiro atoms. The zero-order valence-electron chi connectivity index (χ0n) is 12.5. The maximum absolute atomic E-state index is 4.21. The van der Waals surface area contributed by atoms with Gasteiger partial charge < -0.3 is 5.32 Å². The molecule has 0 bridgehead atoms. The van der Waals surface area contributed by atoms with Crippen molar-refractivity contribution in [2.24, 2.45) is 7.05 Å². The van der Waals surface area contributed by atoms with Crippen LogP contribution in [-0.4, -0.2) is 40.4 Å². The molecule has 1 heterocycles. The highest BCUT2D eigenvalue weighted by Crippen LogP contribution is 2.09. The first-order valence-electron chi connectivity index (χ1n) is 6.94. The van der Waals surface area contributed by atoms with E-state index in [-0.39, 0.29) is 0 Å². The van der Waals surface area contributed by atoms with Crippen molar-refractivity contribution in [1.82, 2.24) is 20.0 Å². The first kappa shape index (κ1) is 15.2. The van der Waals surface area contributed by atoms with Gasteiger partial charge in [-0.3, -0.25) is 9.58 Å². The second kappa shape index (κ2) is 7.54. The molecular weight excluding hydrogens is 224 g/mol. The summed E-state index contributed by atoms with van der Waals surface area (Å²) < 4.78 is 1.86. The van der Waals surface area contributed by atoms with E-state index >= 15 is 0 Å². The molecule has 0 amide bonds. The first-order valence-corrected chi connectivity index (χ1v) is 6.94. The van der Waals surface area contributed by atoms with Crippen LogP contribution in [0.25, 0.3) is 0 Å². The summed E-state index contributed by atoms with van der Waals surface area (Å²) in [6.07, 6.45) is 6.41.